The van der Waals surface area contributed by atoms with E-state index in [0.717, 1.165) is 36.6 Å². The highest BCUT2D eigenvalue weighted by molar-refractivity contribution is 7.15. The lowest BCUT2D eigenvalue weighted by atomic mass is 10.0. The van der Waals surface area contributed by atoms with Crippen LogP contribution in [0.3, 0.4) is 0 Å². The second-order valence-electron chi connectivity index (χ2n) is 5.86. The summed E-state index contributed by atoms with van der Waals surface area (Å²) in [4.78, 5) is 8.53. The first-order valence-corrected chi connectivity index (χ1v) is 7.92. The minimum atomic E-state index is -0.321. The smallest absolute Gasteiger partial charge is 0.186 e. The molecule has 4 heteroatoms. The number of hydrogen-bond acceptors (Lipinski definition) is 4. The van der Waals surface area contributed by atoms with E-state index in [4.69, 9.17) is 4.98 Å². The maximum atomic E-state index is 10.0. The van der Waals surface area contributed by atoms with Crippen LogP contribution in [0.25, 0.3) is 0 Å². The Balaban J connectivity index is 1.88. The molecule has 1 aliphatic heterocycles. The molecule has 1 saturated heterocycles. The van der Waals surface area contributed by atoms with Crippen molar-refractivity contribution in [1.82, 2.24) is 4.98 Å². The van der Waals surface area contributed by atoms with Gasteiger partial charge in [-0.3, -0.25) is 0 Å². The van der Waals surface area contributed by atoms with E-state index >= 15 is 0 Å². The van der Waals surface area contributed by atoms with Gasteiger partial charge < -0.3 is 10.0 Å². The lowest BCUT2D eigenvalue weighted by molar-refractivity contribution is 0.153. The van der Waals surface area contributed by atoms with E-state index < -0.39 is 0 Å². The zero-order chi connectivity index (χ0) is 12.7. The maximum absolute atomic E-state index is 10.0. The molecular weight excluding hydrogens is 244 g/mol. The highest BCUT2D eigenvalue weighted by Gasteiger charge is 2.31. The summed E-state index contributed by atoms with van der Waals surface area (Å²) in [5, 5.41) is 11.2. The van der Waals surface area contributed by atoms with Crippen LogP contribution in [-0.4, -0.2) is 22.7 Å². The molecule has 0 radical (unpaired) electrons. The van der Waals surface area contributed by atoms with Crippen molar-refractivity contribution in [3.05, 3.63) is 10.6 Å². The molecule has 18 heavy (non-hydrogen) atoms. The van der Waals surface area contributed by atoms with Crippen molar-refractivity contribution in [2.45, 2.75) is 58.1 Å². The third-order valence-corrected chi connectivity index (χ3v) is 5.40. The fourth-order valence-electron chi connectivity index (χ4n) is 3.23. The molecule has 2 heterocycles. The average Bonchev–Trinajstić information content (AvgIpc) is 2.95. The standard InChI is InChI=1S/C14H22N2OS/c1-9(2)10-5-4-8-16(10)14-15-13-11(17)6-3-7-12(13)18-14/h9-11,17H,3-8H2,1-2H3. The average molecular weight is 266 g/mol. The van der Waals surface area contributed by atoms with Crippen molar-refractivity contribution in [3.63, 3.8) is 0 Å². The number of nitrogens with zero attached hydrogens (tertiary/aromatic N) is 2. The molecule has 1 N–H and O–H groups in total. The number of thiazole rings is 1. The van der Waals surface area contributed by atoms with Crippen LogP contribution in [0.1, 0.15) is 56.2 Å². The summed E-state index contributed by atoms with van der Waals surface area (Å²) < 4.78 is 0. The van der Waals surface area contributed by atoms with Gasteiger partial charge in [0.05, 0.1) is 11.8 Å². The Morgan fingerprint density at radius 2 is 2.17 bits per heavy atom. The molecule has 3 nitrogen and oxygen atoms in total. The minimum Gasteiger partial charge on any atom is -0.387 e. The first-order chi connectivity index (χ1) is 8.66. The summed E-state index contributed by atoms with van der Waals surface area (Å²) in [6.45, 7) is 5.72. The van der Waals surface area contributed by atoms with Crippen LogP contribution in [0, 0.1) is 5.92 Å². The number of hydrogen-bond donors (Lipinski definition) is 1. The molecular formula is C14H22N2OS. The third kappa shape index (κ3) is 2.05. The molecule has 1 aromatic rings. The second kappa shape index (κ2) is 4.82. The number of fused-ring (bicyclic) bond motifs is 1. The van der Waals surface area contributed by atoms with E-state index in [9.17, 15) is 5.11 Å². The van der Waals surface area contributed by atoms with Gasteiger partial charge in [0.1, 0.15) is 0 Å². The molecule has 3 rings (SSSR count). The third-order valence-electron chi connectivity index (χ3n) is 4.23. The van der Waals surface area contributed by atoms with Crippen molar-refractivity contribution in [1.29, 1.82) is 0 Å². The van der Waals surface area contributed by atoms with Crippen LogP contribution < -0.4 is 4.90 Å². The number of aryl methyl sites for hydroxylation is 1. The predicted molar refractivity (Wildman–Crippen MR) is 75.2 cm³/mol. The zero-order valence-corrected chi connectivity index (χ0v) is 12.0. The Labute approximate surface area is 113 Å². The van der Waals surface area contributed by atoms with Gasteiger partial charge in [-0.15, -0.1) is 11.3 Å². The summed E-state index contributed by atoms with van der Waals surface area (Å²) in [7, 11) is 0. The molecule has 0 bridgehead atoms. The van der Waals surface area contributed by atoms with Gasteiger partial charge in [0.25, 0.3) is 0 Å². The molecule has 2 aliphatic rings. The summed E-state index contributed by atoms with van der Waals surface area (Å²) in [6, 6.07) is 0.634. The van der Waals surface area contributed by atoms with Crippen LogP contribution in [0.5, 0.6) is 0 Å². The van der Waals surface area contributed by atoms with Crippen LogP contribution in [0.4, 0.5) is 5.13 Å². The van der Waals surface area contributed by atoms with Crippen LogP contribution >= 0.6 is 11.3 Å². The highest BCUT2D eigenvalue weighted by Crippen LogP contribution is 2.39. The topological polar surface area (TPSA) is 36.4 Å². The quantitative estimate of drug-likeness (QED) is 0.893. The Morgan fingerprint density at radius 1 is 1.33 bits per heavy atom. The van der Waals surface area contributed by atoms with Crippen LogP contribution in [0.2, 0.25) is 0 Å². The van der Waals surface area contributed by atoms with Crippen molar-refractivity contribution in [2.75, 3.05) is 11.4 Å². The van der Waals surface area contributed by atoms with Gasteiger partial charge in [0.2, 0.25) is 0 Å². The van der Waals surface area contributed by atoms with Crippen molar-refractivity contribution >= 4 is 16.5 Å². The van der Waals surface area contributed by atoms with Gasteiger partial charge >= 0.3 is 0 Å². The fraction of sp³-hybridized carbons (Fsp3) is 0.786. The largest absolute Gasteiger partial charge is 0.387 e. The van der Waals surface area contributed by atoms with Crippen LogP contribution in [-0.2, 0) is 6.42 Å². The molecule has 0 saturated carbocycles. The Hall–Kier alpha value is -0.610. The normalized spacial score (nSPS) is 27.9. The molecule has 1 aromatic heterocycles. The van der Waals surface area contributed by atoms with Gasteiger partial charge in [0, 0.05) is 17.5 Å². The number of aromatic nitrogens is 1. The highest BCUT2D eigenvalue weighted by atomic mass is 32.1. The molecule has 0 amide bonds. The van der Waals surface area contributed by atoms with E-state index in [2.05, 4.69) is 18.7 Å². The van der Waals surface area contributed by atoms with Gasteiger partial charge in [-0.2, -0.15) is 0 Å². The number of rotatable bonds is 2. The van der Waals surface area contributed by atoms with Gasteiger partial charge in [-0.05, 0) is 38.0 Å². The first-order valence-electron chi connectivity index (χ1n) is 7.11. The zero-order valence-electron chi connectivity index (χ0n) is 11.2. The van der Waals surface area contributed by atoms with Crippen molar-refractivity contribution in [2.24, 2.45) is 5.92 Å². The summed E-state index contributed by atoms with van der Waals surface area (Å²) in [5.41, 5.74) is 0.968. The SMILES string of the molecule is CC(C)C1CCCN1c1nc2c(s1)CCCC2O. The van der Waals surface area contributed by atoms with E-state index in [0.29, 0.717) is 12.0 Å². The molecule has 0 aromatic carbocycles. The van der Waals surface area contributed by atoms with E-state index in [1.54, 1.807) is 0 Å². The molecule has 2 atom stereocenters. The number of aliphatic hydroxyl groups excluding tert-OH is 1. The molecule has 1 fully saturated rings. The second-order valence-corrected chi connectivity index (χ2v) is 6.92. The van der Waals surface area contributed by atoms with Gasteiger partial charge in [-0.1, -0.05) is 13.8 Å². The predicted octanol–water partition coefficient (Wildman–Crippen LogP) is 3.14. The lowest BCUT2D eigenvalue weighted by Gasteiger charge is -2.27. The van der Waals surface area contributed by atoms with E-state index in [1.807, 2.05) is 11.3 Å². The van der Waals surface area contributed by atoms with E-state index in [-0.39, 0.29) is 6.10 Å². The Kier molecular flexibility index (Phi) is 3.32. The summed E-state index contributed by atoms with van der Waals surface area (Å²) >= 11 is 1.81. The van der Waals surface area contributed by atoms with Gasteiger partial charge in [-0.25, -0.2) is 4.98 Å². The van der Waals surface area contributed by atoms with Gasteiger partial charge in [0.15, 0.2) is 5.13 Å². The fourth-order valence-corrected chi connectivity index (χ4v) is 4.47. The summed E-state index contributed by atoms with van der Waals surface area (Å²) in [5.74, 6) is 0.679. The first kappa shape index (κ1) is 12.4. The maximum Gasteiger partial charge on any atom is 0.186 e. The van der Waals surface area contributed by atoms with E-state index in [1.165, 1.54) is 17.7 Å². The Morgan fingerprint density at radius 3 is 2.89 bits per heavy atom. The molecule has 0 spiro atoms. The number of anilines is 1. The lowest BCUT2D eigenvalue weighted by Crippen LogP contribution is -2.33. The molecule has 2 unspecified atom stereocenters. The van der Waals surface area contributed by atoms with Crippen LogP contribution in [0.15, 0.2) is 0 Å². The summed E-state index contributed by atoms with van der Waals surface area (Å²) in [6.07, 6.45) is 5.32. The monoisotopic (exact) mass is 266 g/mol. The number of aliphatic hydroxyl groups is 1. The minimum absolute atomic E-state index is 0.321. The van der Waals surface area contributed by atoms with Crippen molar-refractivity contribution in [3.8, 4) is 0 Å². The molecule has 1 aliphatic carbocycles. The Bertz CT molecular complexity index is 429. The molecule has 100 valence electrons. The van der Waals surface area contributed by atoms with Crippen molar-refractivity contribution < 1.29 is 5.11 Å².